The first-order valence-electron chi connectivity index (χ1n) is 12.2. The number of halogens is 2. The monoisotopic (exact) mass is 519 g/mol. The summed E-state index contributed by atoms with van der Waals surface area (Å²) in [6.45, 7) is 3.01. The third-order valence-corrected chi connectivity index (χ3v) is 7.21. The Kier molecular flexibility index (Phi) is 9.00. The van der Waals surface area contributed by atoms with Gasteiger partial charge in [0.1, 0.15) is 6.04 Å². The summed E-state index contributed by atoms with van der Waals surface area (Å²) in [5.74, 6) is -1.33. The Bertz CT molecular complexity index is 1040. The number of likely N-dealkylation sites (tertiary alicyclic amines) is 1. The van der Waals surface area contributed by atoms with Gasteiger partial charge in [0.2, 0.25) is 0 Å². The fourth-order valence-electron chi connectivity index (χ4n) is 4.69. The maximum absolute atomic E-state index is 12.5. The first kappa shape index (κ1) is 25.9. The Morgan fingerprint density at radius 3 is 2.63 bits per heavy atom. The van der Waals surface area contributed by atoms with Crippen molar-refractivity contribution in [3.63, 3.8) is 0 Å². The number of nitrogens with one attached hydrogen (secondary N) is 1. The third-order valence-electron chi connectivity index (χ3n) is 6.58. The molecule has 2 aromatic rings. The van der Waals surface area contributed by atoms with E-state index in [1.165, 1.54) is 24.1 Å². The van der Waals surface area contributed by atoms with Crippen LogP contribution in [0.2, 0.25) is 10.0 Å². The Balaban J connectivity index is 1.14. The maximum atomic E-state index is 12.5. The highest BCUT2D eigenvalue weighted by molar-refractivity contribution is 6.39. The normalized spacial score (nSPS) is 16.9. The van der Waals surface area contributed by atoms with Gasteiger partial charge < -0.3 is 15.2 Å². The lowest BCUT2D eigenvalue weighted by Gasteiger charge is -2.40. The van der Waals surface area contributed by atoms with Gasteiger partial charge in [0.05, 0.1) is 22.2 Å². The molecule has 1 aliphatic heterocycles. The number of carbonyl (C=O) groups excluding carboxylic acids is 1. The molecular formula is C26H31Cl2N3O4. The molecule has 9 heteroatoms. The molecule has 1 saturated heterocycles. The number of carbonyl (C=O) groups is 2. The molecule has 1 atom stereocenters. The molecule has 1 fully saturated rings. The fraction of sp³-hybridized carbons (Fsp3) is 0.500. The molecule has 1 aromatic carbocycles. The lowest BCUT2D eigenvalue weighted by molar-refractivity contribution is -0.140. The van der Waals surface area contributed by atoms with Crippen molar-refractivity contribution in [3.05, 3.63) is 62.9 Å². The Labute approximate surface area is 215 Å². The molecule has 0 radical (unpaired) electrons. The van der Waals surface area contributed by atoms with E-state index in [0.717, 1.165) is 44.5 Å². The van der Waals surface area contributed by atoms with Crippen molar-refractivity contribution >= 4 is 35.1 Å². The molecule has 7 nitrogen and oxygen atoms in total. The van der Waals surface area contributed by atoms with Crippen molar-refractivity contribution in [1.29, 1.82) is 0 Å². The average Bonchev–Trinajstić information content (AvgIpc) is 2.81. The van der Waals surface area contributed by atoms with Crippen LogP contribution in [-0.4, -0.2) is 65.8 Å². The van der Waals surface area contributed by atoms with Crippen molar-refractivity contribution in [3.8, 4) is 0 Å². The van der Waals surface area contributed by atoms with E-state index in [2.05, 4.69) is 17.4 Å². The molecule has 0 spiro atoms. The van der Waals surface area contributed by atoms with Crippen LogP contribution < -0.4 is 5.32 Å². The number of carboxylic acids is 1. The zero-order chi connectivity index (χ0) is 24.8. The smallest absolute Gasteiger partial charge is 0.327 e. The summed E-state index contributed by atoms with van der Waals surface area (Å²) in [6.07, 6.45) is 6.60. The van der Waals surface area contributed by atoms with Crippen LogP contribution in [0.15, 0.2) is 30.3 Å². The first-order valence-corrected chi connectivity index (χ1v) is 12.9. The van der Waals surface area contributed by atoms with Crippen molar-refractivity contribution in [1.82, 2.24) is 15.2 Å². The molecule has 2 N–H and O–H groups in total. The summed E-state index contributed by atoms with van der Waals surface area (Å²) in [4.78, 5) is 31.1. The van der Waals surface area contributed by atoms with Gasteiger partial charge in [-0.05, 0) is 62.3 Å². The Morgan fingerprint density at radius 1 is 1.14 bits per heavy atom. The summed E-state index contributed by atoms with van der Waals surface area (Å²) in [5.41, 5.74) is 3.91. The van der Waals surface area contributed by atoms with Crippen LogP contribution in [0.3, 0.4) is 0 Å². The predicted octanol–water partition coefficient (Wildman–Crippen LogP) is 4.03. The highest BCUT2D eigenvalue weighted by atomic mass is 35.5. The second kappa shape index (κ2) is 12.2. The zero-order valence-corrected chi connectivity index (χ0v) is 21.2. The summed E-state index contributed by atoms with van der Waals surface area (Å²) >= 11 is 12.1. The molecule has 2 aliphatic rings. The third kappa shape index (κ3) is 6.94. The van der Waals surface area contributed by atoms with Crippen LogP contribution >= 0.6 is 23.2 Å². The number of nitrogens with zero attached hydrogens (tertiary/aromatic N) is 2. The molecule has 35 heavy (non-hydrogen) atoms. The van der Waals surface area contributed by atoms with Crippen molar-refractivity contribution in [2.45, 2.75) is 44.6 Å². The predicted molar refractivity (Wildman–Crippen MR) is 135 cm³/mol. The Hall–Kier alpha value is -2.19. The minimum atomic E-state index is -1.10. The Morgan fingerprint density at radius 2 is 1.89 bits per heavy atom. The van der Waals surface area contributed by atoms with Gasteiger partial charge in [0.25, 0.3) is 5.91 Å². The maximum Gasteiger partial charge on any atom is 0.327 e. The highest BCUT2D eigenvalue weighted by Crippen LogP contribution is 2.24. The first-order chi connectivity index (χ1) is 16.9. The van der Waals surface area contributed by atoms with E-state index in [4.69, 9.17) is 32.9 Å². The number of carboxylic acid groups (broad SMARTS) is 1. The molecule has 4 rings (SSSR count). The largest absolute Gasteiger partial charge is 0.480 e. The summed E-state index contributed by atoms with van der Waals surface area (Å²) in [7, 11) is 0. The van der Waals surface area contributed by atoms with Crippen molar-refractivity contribution < 1.29 is 19.4 Å². The van der Waals surface area contributed by atoms with Crippen molar-refractivity contribution in [2.24, 2.45) is 5.92 Å². The lowest BCUT2D eigenvalue weighted by Crippen LogP contribution is -2.56. The number of hydrogen-bond donors (Lipinski definition) is 2. The number of benzene rings is 1. The summed E-state index contributed by atoms with van der Waals surface area (Å²) in [5, 5.41) is 12.5. The van der Waals surface area contributed by atoms with E-state index in [1.807, 2.05) is 4.90 Å². The van der Waals surface area contributed by atoms with Crippen LogP contribution in [0.4, 0.5) is 0 Å². The van der Waals surface area contributed by atoms with E-state index in [-0.39, 0.29) is 22.2 Å². The zero-order valence-electron chi connectivity index (χ0n) is 19.6. The number of pyridine rings is 1. The molecule has 0 saturated carbocycles. The van der Waals surface area contributed by atoms with Gasteiger partial charge in [0, 0.05) is 43.5 Å². The number of aromatic nitrogens is 1. The van der Waals surface area contributed by atoms with Crippen LogP contribution in [0.1, 0.15) is 46.6 Å². The highest BCUT2D eigenvalue weighted by Gasteiger charge is 2.32. The standard InChI is InChI=1S/C26H31Cl2N3O4/c27-20-7-3-8-21(28)24(20)25(32)30-23(26(33)34)15-31-13-17(14-31)16-35-12-4-6-19-11-10-18-5-1-2-9-22(18)29-19/h3,7-8,10-11,17,23H,1-2,4-6,9,12-16H2,(H,30,32)(H,33,34). The van der Waals surface area contributed by atoms with Gasteiger partial charge in [-0.25, -0.2) is 4.79 Å². The van der Waals surface area contributed by atoms with E-state index in [1.54, 1.807) is 18.2 Å². The van der Waals surface area contributed by atoms with Gasteiger partial charge in [-0.1, -0.05) is 35.3 Å². The number of aryl methyl sites for hydroxylation is 3. The van der Waals surface area contributed by atoms with Gasteiger partial charge in [-0.15, -0.1) is 0 Å². The molecule has 1 unspecified atom stereocenters. The van der Waals surface area contributed by atoms with E-state index < -0.39 is 17.9 Å². The van der Waals surface area contributed by atoms with E-state index >= 15 is 0 Å². The minimum Gasteiger partial charge on any atom is -0.480 e. The molecule has 1 aliphatic carbocycles. The molecule has 0 bridgehead atoms. The van der Waals surface area contributed by atoms with E-state index in [9.17, 15) is 14.7 Å². The van der Waals surface area contributed by atoms with Crippen LogP contribution in [0, 0.1) is 5.92 Å². The second-order valence-corrected chi connectivity index (χ2v) is 10.2. The van der Waals surface area contributed by atoms with Gasteiger partial charge in [0.15, 0.2) is 0 Å². The SMILES string of the molecule is O=C(NC(CN1CC(COCCCc2ccc3c(n2)CCCC3)C1)C(=O)O)c1c(Cl)cccc1Cl. The molecule has 1 amide bonds. The van der Waals surface area contributed by atoms with E-state index in [0.29, 0.717) is 19.1 Å². The molecule has 1 aromatic heterocycles. The number of hydrogen-bond acceptors (Lipinski definition) is 5. The summed E-state index contributed by atoms with van der Waals surface area (Å²) < 4.78 is 5.85. The average molecular weight is 520 g/mol. The number of aliphatic carboxylic acids is 1. The molecule has 188 valence electrons. The molecular weight excluding hydrogens is 489 g/mol. The second-order valence-electron chi connectivity index (χ2n) is 9.34. The molecule has 2 heterocycles. The van der Waals surface area contributed by atoms with Gasteiger partial charge >= 0.3 is 5.97 Å². The number of rotatable bonds is 11. The van der Waals surface area contributed by atoms with Gasteiger partial charge in [-0.3, -0.25) is 14.7 Å². The van der Waals surface area contributed by atoms with Crippen LogP contribution in [-0.2, 0) is 28.8 Å². The van der Waals surface area contributed by atoms with Crippen molar-refractivity contribution in [2.75, 3.05) is 32.8 Å². The number of ether oxygens (including phenoxy) is 1. The van der Waals surface area contributed by atoms with Crippen LogP contribution in [0.25, 0.3) is 0 Å². The summed E-state index contributed by atoms with van der Waals surface area (Å²) in [6, 6.07) is 8.04. The fourth-order valence-corrected chi connectivity index (χ4v) is 5.26. The lowest BCUT2D eigenvalue weighted by atomic mass is 9.95. The van der Waals surface area contributed by atoms with Crippen LogP contribution in [0.5, 0.6) is 0 Å². The number of fused-ring (bicyclic) bond motifs is 1. The topological polar surface area (TPSA) is 91.8 Å². The number of amides is 1. The van der Waals surface area contributed by atoms with Gasteiger partial charge in [-0.2, -0.15) is 0 Å². The minimum absolute atomic E-state index is 0.0857. The quantitative estimate of drug-likeness (QED) is 0.435.